The van der Waals surface area contributed by atoms with E-state index in [0.29, 0.717) is 16.1 Å². The Bertz CT molecular complexity index is 580. The summed E-state index contributed by atoms with van der Waals surface area (Å²) in [6.07, 6.45) is 2.17. The van der Waals surface area contributed by atoms with Crippen molar-refractivity contribution in [3.8, 4) is 11.1 Å². The van der Waals surface area contributed by atoms with E-state index in [1.165, 1.54) is 5.56 Å². The molecule has 1 unspecified atom stereocenters. The van der Waals surface area contributed by atoms with E-state index in [9.17, 15) is 4.39 Å². The van der Waals surface area contributed by atoms with Crippen LogP contribution in [0, 0.1) is 5.82 Å². The molecule has 2 rings (SSSR count). The largest absolute Gasteiger partial charge is 0.310 e. The van der Waals surface area contributed by atoms with Gasteiger partial charge in [0.2, 0.25) is 0 Å². The van der Waals surface area contributed by atoms with Crippen LogP contribution in [-0.4, -0.2) is 6.54 Å². The predicted octanol–water partition coefficient (Wildman–Crippen LogP) is 5.71. The number of halogens is 2. The van der Waals surface area contributed by atoms with Gasteiger partial charge in [-0.3, -0.25) is 0 Å². The minimum atomic E-state index is -0.207. The summed E-state index contributed by atoms with van der Waals surface area (Å²) in [6.45, 7) is 5.36. The number of nitrogens with one attached hydrogen (secondary N) is 1. The van der Waals surface area contributed by atoms with Crippen molar-refractivity contribution in [2.24, 2.45) is 0 Å². The molecule has 1 atom stereocenters. The van der Waals surface area contributed by atoms with E-state index >= 15 is 0 Å². The van der Waals surface area contributed by atoms with Crippen LogP contribution >= 0.6 is 15.9 Å². The normalized spacial score (nSPS) is 12.4. The second kappa shape index (κ2) is 7.71. The van der Waals surface area contributed by atoms with Crippen LogP contribution < -0.4 is 5.32 Å². The van der Waals surface area contributed by atoms with E-state index in [0.717, 1.165) is 24.9 Å². The van der Waals surface area contributed by atoms with E-state index in [1.54, 1.807) is 6.07 Å². The first-order valence-electron chi connectivity index (χ1n) is 7.45. The van der Waals surface area contributed by atoms with Crippen molar-refractivity contribution >= 4 is 15.9 Å². The molecule has 2 aromatic carbocycles. The van der Waals surface area contributed by atoms with Crippen LogP contribution in [0.2, 0.25) is 0 Å². The van der Waals surface area contributed by atoms with Crippen molar-refractivity contribution in [3.05, 3.63) is 58.3 Å². The van der Waals surface area contributed by atoms with E-state index < -0.39 is 0 Å². The summed E-state index contributed by atoms with van der Waals surface area (Å²) in [4.78, 5) is 0. The second-order valence-electron chi connectivity index (χ2n) is 5.14. The van der Waals surface area contributed by atoms with Gasteiger partial charge in [-0.15, -0.1) is 0 Å². The highest BCUT2D eigenvalue weighted by Crippen LogP contribution is 2.29. The fourth-order valence-electron chi connectivity index (χ4n) is 2.44. The maximum Gasteiger partial charge on any atom is 0.145 e. The Labute approximate surface area is 134 Å². The Balaban J connectivity index is 2.24. The zero-order chi connectivity index (χ0) is 15.2. The highest BCUT2D eigenvalue weighted by molar-refractivity contribution is 9.10. The Morgan fingerprint density at radius 3 is 2.43 bits per heavy atom. The van der Waals surface area contributed by atoms with Crippen molar-refractivity contribution in [1.82, 2.24) is 5.32 Å². The Morgan fingerprint density at radius 2 is 1.81 bits per heavy atom. The molecule has 1 N–H and O–H groups in total. The van der Waals surface area contributed by atoms with Gasteiger partial charge in [-0.05, 0) is 52.5 Å². The lowest BCUT2D eigenvalue weighted by atomic mass is 9.99. The summed E-state index contributed by atoms with van der Waals surface area (Å²) in [5.74, 6) is -0.207. The lowest BCUT2D eigenvalue weighted by Crippen LogP contribution is -2.21. The number of benzene rings is 2. The van der Waals surface area contributed by atoms with Crippen molar-refractivity contribution in [2.45, 2.75) is 32.7 Å². The molecule has 21 heavy (non-hydrogen) atoms. The molecule has 0 radical (unpaired) electrons. The van der Waals surface area contributed by atoms with Crippen molar-refractivity contribution in [3.63, 3.8) is 0 Å². The quantitative estimate of drug-likeness (QED) is 0.704. The van der Waals surface area contributed by atoms with E-state index in [4.69, 9.17) is 0 Å². The van der Waals surface area contributed by atoms with Crippen LogP contribution in [0.3, 0.4) is 0 Å². The Hall–Kier alpha value is -1.19. The van der Waals surface area contributed by atoms with Gasteiger partial charge in [0.15, 0.2) is 0 Å². The molecule has 0 bridgehead atoms. The summed E-state index contributed by atoms with van der Waals surface area (Å²) in [7, 11) is 0. The van der Waals surface area contributed by atoms with Crippen molar-refractivity contribution in [1.29, 1.82) is 0 Å². The maximum absolute atomic E-state index is 14.1. The van der Waals surface area contributed by atoms with Gasteiger partial charge in [0.1, 0.15) is 5.82 Å². The molecule has 0 saturated heterocycles. The highest BCUT2D eigenvalue weighted by Gasteiger charge is 2.11. The molecule has 2 aromatic rings. The molecule has 0 aromatic heterocycles. The third-order valence-corrected chi connectivity index (χ3v) is 4.24. The van der Waals surface area contributed by atoms with Gasteiger partial charge in [0, 0.05) is 11.6 Å². The minimum Gasteiger partial charge on any atom is -0.310 e. The lowest BCUT2D eigenvalue weighted by molar-refractivity contribution is 0.518. The number of hydrogen-bond donors (Lipinski definition) is 1. The molecule has 0 aliphatic heterocycles. The summed E-state index contributed by atoms with van der Waals surface area (Å²) < 4.78 is 14.6. The lowest BCUT2D eigenvalue weighted by Gasteiger charge is -2.17. The van der Waals surface area contributed by atoms with E-state index in [-0.39, 0.29) is 5.82 Å². The average Bonchev–Trinajstić information content (AvgIpc) is 2.51. The highest BCUT2D eigenvalue weighted by atomic mass is 79.9. The molecule has 3 heteroatoms. The van der Waals surface area contributed by atoms with Gasteiger partial charge in [0.05, 0.1) is 4.47 Å². The zero-order valence-electron chi connectivity index (χ0n) is 12.5. The SMILES string of the molecule is CCCNC(CC)c1ccc(-c2cccc(Br)c2F)cc1. The summed E-state index contributed by atoms with van der Waals surface area (Å²) in [5.41, 5.74) is 2.79. The molecule has 0 aliphatic rings. The first-order valence-corrected chi connectivity index (χ1v) is 8.24. The van der Waals surface area contributed by atoms with Crippen molar-refractivity contribution in [2.75, 3.05) is 6.54 Å². The fraction of sp³-hybridized carbons (Fsp3) is 0.333. The predicted molar refractivity (Wildman–Crippen MR) is 90.9 cm³/mol. The molecule has 0 amide bonds. The van der Waals surface area contributed by atoms with Crippen LogP contribution in [0.15, 0.2) is 46.9 Å². The number of rotatable bonds is 6. The van der Waals surface area contributed by atoms with E-state index in [1.807, 2.05) is 24.3 Å². The Kier molecular flexibility index (Phi) is 5.95. The van der Waals surface area contributed by atoms with Gasteiger partial charge >= 0.3 is 0 Å². The molecular formula is C18H21BrFN. The maximum atomic E-state index is 14.1. The average molecular weight is 350 g/mol. The molecular weight excluding hydrogens is 329 g/mol. The number of hydrogen-bond acceptors (Lipinski definition) is 1. The minimum absolute atomic E-state index is 0.207. The fourth-order valence-corrected chi connectivity index (χ4v) is 2.80. The van der Waals surface area contributed by atoms with Crippen molar-refractivity contribution < 1.29 is 4.39 Å². The standard InChI is InChI=1S/C18H21BrFN/c1-3-12-21-17(4-2)14-10-8-13(9-11-14)15-6-5-7-16(19)18(15)20/h5-11,17,21H,3-4,12H2,1-2H3. The van der Waals surface area contributed by atoms with Gasteiger partial charge < -0.3 is 5.32 Å². The first kappa shape index (κ1) is 16.2. The topological polar surface area (TPSA) is 12.0 Å². The van der Waals surface area contributed by atoms with Crippen LogP contribution in [0.4, 0.5) is 4.39 Å². The van der Waals surface area contributed by atoms with Crippen LogP contribution in [0.1, 0.15) is 38.3 Å². The second-order valence-corrected chi connectivity index (χ2v) is 5.99. The van der Waals surface area contributed by atoms with Gasteiger partial charge in [-0.25, -0.2) is 4.39 Å². The molecule has 0 aliphatic carbocycles. The van der Waals surface area contributed by atoms with Crippen LogP contribution in [-0.2, 0) is 0 Å². The van der Waals surface area contributed by atoms with Gasteiger partial charge in [0.25, 0.3) is 0 Å². The summed E-state index contributed by atoms with van der Waals surface area (Å²) in [5, 5.41) is 3.53. The molecule has 1 nitrogen and oxygen atoms in total. The van der Waals surface area contributed by atoms with E-state index in [2.05, 4.69) is 47.2 Å². The van der Waals surface area contributed by atoms with Crippen LogP contribution in [0.5, 0.6) is 0 Å². The third kappa shape index (κ3) is 3.92. The monoisotopic (exact) mass is 349 g/mol. The molecule has 0 spiro atoms. The summed E-state index contributed by atoms with van der Waals surface area (Å²) in [6, 6.07) is 13.9. The van der Waals surface area contributed by atoms with Gasteiger partial charge in [-0.1, -0.05) is 50.2 Å². The Morgan fingerprint density at radius 1 is 1.10 bits per heavy atom. The van der Waals surface area contributed by atoms with Gasteiger partial charge in [-0.2, -0.15) is 0 Å². The summed E-state index contributed by atoms with van der Waals surface area (Å²) >= 11 is 3.24. The molecule has 0 heterocycles. The molecule has 0 fully saturated rings. The smallest absolute Gasteiger partial charge is 0.145 e. The molecule has 112 valence electrons. The zero-order valence-corrected chi connectivity index (χ0v) is 14.1. The molecule has 0 saturated carbocycles. The van der Waals surface area contributed by atoms with Crippen LogP contribution in [0.25, 0.3) is 11.1 Å². The third-order valence-electron chi connectivity index (χ3n) is 3.62. The first-order chi connectivity index (χ1) is 10.2.